The van der Waals surface area contributed by atoms with Crippen LogP contribution in [0.5, 0.6) is 0 Å². The van der Waals surface area contributed by atoms with E-state index >= 15 is 0 Å². The van der Waals surface area contributed by atoms with Crippen molar-refractivity contribution < 1.29 is 0 Å². The Hall–Kier alpha value is -1.53. The van der Waals surface area contributed by atoms with E-state index < -0.39 is 5.54 Å². The molecule has 1 aliphatic heterocycles. The average Bonchev–Trinajstić information content (AvgIpc) is 2.72. The number of nitrogens with two attached hydrogens (primary N) is 1. The molecule has 3 nitrogen and oxygen atoms in total. The number of nitriles is 1. The summed E-state index contributed by atoms with van der Waals surface area (Å²) in [6.07, 6.45) is 0.738. The minimum atomic E-state index is -0.689. The van der Waals surface area contributed by atoms with Gasteiger partial charge in [-0.25, -0.2) is 0 Å². The second kappa shape index (κ2) is 4.29. The molecule has 0 aromatic heterocycles. The van der Waals surface area contributed by atoms with Crippen LogP contribution in [0.1, 0.15) is 32.8 Å². The highest BCUT2D eigenvalue weighted by molar-refractivity contribution is 5.58. The van der Waals surface area contributed by atoms with Gasteiger partial charge in [0.2, 0.25) is 0 Å². The molecule has 0 spiro atoms. The fourth-order valence-electron chi connectivity index (χ4n) is 2.51. The number of hydrogen-bond donors (Lipinski definition) is 1. The van der Waals surface area contributed by atoms with Crippen molar-refractivity contribution >= 4 is 5.69 Å². The molecule has 0 radical (unpaired) electrons. The predicted octanol–water partition coefficient (Wildman–Crippen LogP) is 2.42. The van der Waals surface area contributed by atoms with Gasteiger partial charge in [0.15, 0.2) is 0 Å². The van der Waals surface area contributed by atoms with Gasteiger partial charge in [0.05, 0.1) is 6.07 Å². The van der Waals surface area contributed by atoms with Crippen molar-refractivity contribution in [1.82, 2.24) is 0 Å². The van der Waals surface area contributed by atoms with E-state index in [1.165, 1.54) is 11.3 Å². The smallest absolute Gasteiger partial charge is 0.123 e. The molecule has 0 aliphatic carbocycles. The molecule has 1 aromatic carbocycles. The third kappa shape index (κ3) is 2.34. The largest absolute Gasteiger partial charge is 0.368 e. The van der Waals surface area contributed by atoms with E-state index in [0.29, 0.717) is 6.54 Å². The van der Waals surface area contributed by atoms with Gasteiger partial charge in [0.25, 0.3) is 0 Å². The van der Waals surface area contributed by atoms with Gasteiger partial charge in [0, 0.05) is 18.8 Å². The van der Waals surface area contributed by atoms with Crippen molar-refractivity contribution in [3.8, 4) is 6.07 Å². The van der Waals surface area contributed by atoms with Gasteiger partial charge in [-0.2, -0.15) is 5.26 Å². The molecule has 18 heavy (non-hydrogen) atoms. The standard InChI is InChI=1S/C15H21N3/c1-14(2,3)12-6-4-5-7-13(12)18-9-8-15(17,10-16)11-18/h4-7H,8-9,11,17H2,1-3H3. The Morgan fingerprint density at radius 3 is 2.56 bits per heavy atom. The third-order valence-corrected chi connectivity index (χ3v) is 3.58. The van der Waals surface area contributed by atoms with Gasteiger partial charge in [-0.3, -0.25) is 0 Å². The van der Waals surface area contributed by atoms with Crippen LogP contribution in [0.3, 0.4) is 0 Å². The Morgan fingerprint density at radius 2 is 2.00 bits per heavy atom. The molecule has 3 heteroatoms. The molecule has 1 aromatic rings. The second-order valence-corrected chi connectivity index (χ2v) is 6.21. The third-order valence-electron chi connectivity index (χ3n) is 3.58. The van der Waals surface area contributed by atoms with Crippen LogP contribution in [0.25, 0.3) is 0 Å². The van der Waals surface area contributed by atoms with Crippen LogP contribution < -0.4 is 10.6 Å². The van der Waals surface area contributed by atoms with E-state index in [1.54, 1.807) is 0 Å². The summed E-state index contributed by atoms with van der Waals surface area (Å²) in [5.74, 6) is 0. The SMILES string of the molecule is CC(C)(C)c1ccccc1N1CCC(N)(C#N)C1. The van der Waals surface area contributed by atoms with Gasteiger partial charge >= 0.3 is 0 Å². The van der Waals surface area contributed by atoms with E-state index in [4.69, 9.17) is 11.0 Å². The number of rotatable bonds is 1. The summed E-state index contributed by atoms with van der Waals surface area (Å²) in [6, 6.07) is 10.6. The van der Waals surface area contributed by atoms with E-state index in [9.17, 15) is 0 Å². The Bertz CT molecular complexity index is 481. The lowest BCUT2D eigenvalue weighted by molar-refractivity contribution is 0.585. The minimum absolute atomic E-state index is 0.100. The minimum Gasteiger partial charge on any atom is -0.368 e. The molecule has 0 bridgehead atoms. The van der Waals surface area contributed by atoms with Crippen molar-refractivity contribution in [1.29, 1.82) is 5.26 Å². The molecule has 2 rings (SSSR count). The lowest BCUT2D eigenvalue weighted by Gasteiger charge is -2.29. The zero-order valence-corrected chi connectivity index (χ0v) is 11.4. The first-order chi connectivity index (χ1) is 8.36. The van der Waals surface area contributed by atoms with E-state index in [-0.39, 0.29) is 5.41 Å². The number of benzene rings is 1. The fourth-order valence-corrected chi connectivity index (χ4v) is 2.51. The van der Waals surface area contributed by atoms with E-state index in [2.05, 4.69) is 49.9 Å². The normalized spacial score (nSPS) is 24.1. The lowest BCUT2D eigenvalue weighted by atomic mass is 9.85. The zero-order chi connectivity index (χ0) is 13.4. The number of hydrogen-bond acceptors (Lipinski definition) is 3. The first-order valence-electron chi connectivity index (χ1n) is 6.40. The lowest BCUT2D eigenvalue weighted by Crippen LogP contribution is -2.41. The molecule has 1 aliphatic rings. The average molecular weight is 243 g/mol. The summed E-state index contributed by atoms with van der Waals surface area (Å²) in [5.41, 5.74) is 7.98. The molecular formula is C15H21N3. The zero-order valence-electron chi connectivity index (χ0n) is 11.4. The maximum Gasteiger partial charge on any atom is 0.123 e. The van der Waals surface area contributed by atoms with Crippen LogP contribution >= 0.6 is 0 Å². The summed E-state index contributed by atoms with van der Waals surface area (Å²) in [4.78, 5) is 2.24. The molecule has 1 unspecified atom stereocenters. The van der Waals surface area contributed by atoms with Crippen molar-refractivity contribution in [2.45, 2.75) is 38.1 Å². The van der Waals surface area contributed by atoms with Crippen LogP contribution in [0.4, 0.5) is 5.69 Å². The van der Waals surface area contributed by atoms with E-state index in [1.807, 2.05) is 6.07 Å². The second-order valence-electron chi connectivity index (χ2n) is 6.21. The van der Waals surface area contributed by atoms with Crippen LogP contribution in [-0.2, 0) is 5.41 Å². The summed E-state index contributed by atoms with van der Waals surface area (Å²) in [7, 11) is 0. The topological polar surface area (TPSA) is 53.0 Å². The van der Waals surface area contributed by atoms with Crippen LogP contribution in [0, 0.1) is 11.3 Å². The molecule has 1 fully saturated rings. The number of nitrogens with zero attached hydrogens (tertiary/aromatic N) is 2. The van der Waals surface area contributed by atoms with Crippen molar-refractivity contribution in [3.63, 3.8) is 0 Å². The van der Waals surface area contributed by atoms with Crippen LogP contribution in [0.2, 0.25) is 0 Å². The summed E-state index contributed by atoms with van der Waals surface area (Å²) in [6.45, 7) is 8.11. The summed E-state index contributed by atoms with van der Waals surface area (Å²) >= 11 is 0. The molecule has 1 atom stereocenters. The molecular weight excluding hydrogens is 222 g/mol. The highest BCUT2D eigenvalue weighted by Crippen LogP contribution is 2.34. The maximum atomic E-state index is 9.12. The molecule has 2 N–H and O–H groups in total. The van der Waals surface area contributed by atoms with Crippen molar-refractivity contribution in [3.05, 3.63) is 29.8 Å². The Balaban J connectivity index is 2.34. The maximum absolute atomic E-state index is 9.12. The van der Waals surface area contributed by atoms with Gasteiger partial charge in [-0.05, 0) is 23.5 Å². The first-order valence-corrected chi connectivity index (χ1v) is 6.40. The molecule has 1 heterocycles. The van der Waals surface area contributed by atoms with Crippen LogP contribution in [0.15, 0.2) is 24.3 Å². The van der Waals surface area contributed by atoms with Gasteiger partial charge in [-0.1, -0.05) is 39.0 Å². The van der Waals surface area contributed by atoms with Gasteiger partial charge in [-0.15, -0.1) is 0 Å². The fraction of sp³-hybridized carbons (Fsp3) is 0.533. The summed E-state index contributed by atoms with van der Waals surface area (Å²) < 4.78 is 0. The Kier molecular flexibility index (Phi) is 3.08. The Labute approximate surface area is 109 Å². The monoisotopic (exact) mass is 243 g/mol. The number of anilines is 1. The van der Waals surface area contributed by atoms with Gasteiger partial charge in [0.1, 0.15) is 5.54 Å². The van der Waals surface area contributed by atoms with Crippen LogP contribution in [-0.4, -0.2) is 18.6 Å². The first kappa shape index (κ1) is 12.9. The van der Waals surface area contributed by atoms with Crippen molar-refractivity contribution in [2.24, 2.45) is 5.73 Å². The quantitative estimate of drug-likeness (QED) is 0.824. The summed E-state index contributed by atoms with van der Waals surface area (Å²) in [5, 5.41) is 9.12. The van der Waals surface area contributed by atoms with E-state index in [0.717, 1.165) is 13.0 Å². The molecule has 0 saturated carbocycles. The van der Waals surface area contributed by atoms with Gasteiger partial charge < -0.3 is 10.6 Å². The molecule has 0 amide bonds. The highest BCUT2D eigenvalue weighted by Gasteiger charge is 2.36. The Morgan fingerprint density at radius 1 is 1.33 bits per heavy atom. The molecule has 1 saturated heterocycles. The molecule has 96 valence electrons. The number of para-hydroxylation sites is 1. The predicted molar refractivity (Wildman–Crippen MR) is 74.5 cm³/mol. The highest BCUT2D eigenvalue weighted by atomic mass is 15.2. The van der Waals surface area contributed by atoms with Crippen molar-refractivity contribution in [2.75, 3.05) is 18.0 Å².